The summed E-state index contributed by atoms with van der Waals surface area (Å²) in [5, 5.41) is 27.5. The Kier molecular flexibility index (Phi) is 2.47. The first-order valence-corrected chi connectivity index (χ1v) is 4.18. The Labute approximate surface area is 82.6 Å². The van der Waals surface area contributed by atoms with Crippen molar-refractivity contribution in [2.75, 3.05) is 0 Å². The van der Waals surface area contributed by atoms with Crippen molar-refractivity contribution in [2.24, 2.45) is 0 Å². The zero-order valence-electron chi connectivity index (χ0n) is 6.71. The molecule has 3 N–H and O–H groups in total. The third-order valence-corrected chi connectivity index (χ3v) is 2.18. The number of benzene rings is 1. The third kappa shape index (κ3) is 1.60. The van der Waals surface area contributed by atoms with Crippen LogP contribution in [0.25, 0.3) is 0 Å². The van der Waals surface area contributed by atoms with Crippen molar-refractivity contribution < 1.29 is 20.1 Å². The maximum atomic E-state index is 10.9. The van der Waals surface area contributed by atoms with E-state index in [-0.39, 0.29) is 10.0 Å². The molecule has 0 heterocycles. The summed E-state index contributed by atoms with van der Waals surface area (Å²) in [5.41, 5.74) is -0.0397. The quantitative estimate of drug-likeness (QED) is 0.522. The summed E-state index contributed by atoms with van der Waals surface area (Å²) in [6, 6.07) is 1.24. The van der Waals surface area contributed by atoms with Gasteiger partial charge in [-0.15, -0.1) is 0 Å². The van der Waals surface area contributed by atoms with Crippen LogP contribution in [0, 0.1) is 0 Å². The Bertz CT molecular complexity index is 373. The molecule has 13 heavy (non-hydrogen) atoms. The Morgan fingerprint density at radius 2 is 1.77 bits per heavy atom. The first kappa shape index (κ1) is 9.85. The lowest BCUT2D eigenvalue weighted by atomic mass is 10.1. The van der Waals surface area contributed by atoms with E-state index in [2.05, 4.69) is 15.9 Å². The maximum absolute atomic E-state index is 10.9. The number of carbonyl (C=O) groups excluding carboxylic acids is 1. The molecule has 0 saturated heterocycles. The number of hydrogen-bond acceptors (Lipinski definition) is 4. The first-order valence-electron chi connectivity index (χ1n) is 3.39. The van der Waals surface area contributed by atoms with E-state index in [0.717, 1.165) is 0 Å². The number of aromatic hydroxyl groups is 3. The highest BCUT2D eigenvalue weighted by Gasteiger charge is 2.17. The molecule has 0 fully saturated rings. The maximum Gasteiger partial charge on any atom is 0.202 e. The minimum atomic E-state index is -0.695. The number of phenolic OH excluding ortho intramolecular Hbond substituents is 3. The normalized spacial score (nSPS) is 10.0. The van der Waals surface area contributed by atoms with Gasteiger partial charge in [0.25, 0.3) is 0 Å². The van der Waals surface area contributed by atoms with Crippen LogP contribution in [-0.4, -0.2) is 21.1 Å². The van der Waals surface area contributed by atoms with Crippen LogP contribution in [0.2, 0.25) is 0 Å². The molecule has 0 aliphatic carbocycles. The molecule has 0 radical (unpaired) electrons. The third-order valence-electron chi connectivity index (χ3n) is 1.58. The molecule has 1 aromatic rings. The number of halogens is 1. The van der Waals surface area contributed by atoms with Gasteiger partial charge in [0.15, 0.2) is 17.3 Å². The highest BCUT2D eigenvalue weighted by molar-refractivity contribution is 9.10. The summed E-state index contributed by atoms with van der Waals surface area (Å²) < 4.78 is 0.160. The molecule has 70 valence electrons. The van der Waals surface area contributed by atoms with Gasteiger partial charge in [0, 0.05) is 0 Å². The lowest BCUT2D eigenvalue weighted by molar-refractivity contribution is 0.101. The van der Waals surface area contributed by atoms with E-state index in [1.165, 1.54) is 13.0 Å². The van der Waals surface area contributed by atoms with Crippen molar-refractivity contribution in [3.8, 4) is 17.2 Å². The van der Waals surface area contributed by atoms with E-state index in [9.17, 15) is 9.90 Å². The molecule has 1 rings (SSSR count). The van der Waals surface area contributed by atoms with Gasteiger partial charge in [0.1, 0.15) is 0 Å². The summed E-state index contributed by atoms with van der Waals surface area (Å²) >= 11 is 2.93. The zero-order valence-corrected chi connectivity index (χ0v) is 8.29. The summed E-state index contributed by atoms with van der Waals surface area (Å²) in [6.07, 6.45) is 0. The average molecular weight is 247 g/mol. The molecular formula is C8H7BrO4. The van der Waals surface area contributed by atoms with Crippen LogP contribution >= 0.6 is 15.9 Å². The molecule has 0 atom stereocenters. The van der Waals surface area contributed by atoms with Gasteiger partial charge in [-0.05, 0) is 28.9 Å². The molecule has 0 aromatic heterocycles. The lowest BCUT2D eigenvalue weighted by Crippen LogP contribution is -1.93. The molecule has 0 unspecified atom stereocenters. The van der Waals surface area contributed by atoms with E-state index >= 15 is 0 Å². The van der Waals surface area contributed by atoms with Crippen molar-refractivity contribution in [1.29, 1.82) is 0 Å². The van der Waals surface area contributed by atoms with E-state index in [0.29, 0.717) is 0 Å². The first-order chi connectivity index (χ1) is 5.95. The second kappa shape index (κ2) is 3.26. The molecule has 4 nitrogen and oxygen atoms in total. The van der Waals surface area contributed by atoms with Crippen LogP contribution in [0.5, 0.6) is 17.2 Å². The molecule has 5 heteroatoms. The Morgan fingerprint density at radius 1 is 1.23 bits per heavy atom. The van der Waals surface area contributed by atoms with Gasteiger partial charge >= 0.3 is 0 Å². The second-order valence-electron chi connectivity index (χ2n) is 2.51. The number of hydrogen-bond donors (Lipinski definition) is 3. The summed E-state index contributed by atoms with van der Waals surface area (Å²) in [7, 11) is 0. The van der Waals surface area contributed by atoms with Gasteiger partial charge in [0.2, 0.25) is 5.75 Å². The van der Waals surface area contributed by atoms with E-state index in [1.54, 1.807) is 0 Å². The molecule has 0 aliphatic heterocycles. The van der Waals surface area contributed by atoms with Gasteiger partial charge in [-0.2, -0.15) is 0 Å². The molecule has 0 bridgehead atoms. The number of ketones is 1. The summed E-state index contributed by atoms with van der Waals surface area (Å²) in [6.45, 7) is 1.25. The van der Waals surface area contributed by atoms with Gasteiger partial charge in [-0.3, -0.25) is 4.79 Å². The summed E-state index contributed by atoms with van der Waals surface area (Å²) in [5.74, 6) is -2.18. The number of rotatable bonds is 1. The van der Waals surface area contributed by atoms with Crippen molar-refractivity contribution in [2.45, 2.75) is 6.92 Å². The van der Waals surface area contributed by atoms with Crippen molar-refractivity contribution >= 4 is 21.7 Å². The van der Waals surface area contributed by atoms with Gasteiger partial charge in [-0.1, -0.05) is 0 Å². The monoisotopic (exact) mass is 246 g/mol. The van der Waals surface area contributed by atoms with E-state index in [4.69, 9.17) is 10.2 Å². The Morgan fingerprint density at radius 3 is 2.23 bits per heavy atom. The van der Waals surface area contributed by atoms with E-state index < -0.39 is 23.0 Å². The minimum absolute atomic E-state index is 0.0397. The Balaban J connectivity index is 3.50. The zero-order chi connectivity index (χ0) is 10.2. The second-order valence-corrected chi connectivity index (χ2v) is 3.36. The smallest absolute Gasteiger partial charge is 0.202 e. The fourth-order valence-corrected chi connectivity index (χ4v) is 1.30. The standard InChI is InChI=1S/C8H7BrO4/c1-3(10)4-2-5(9)7(12)8(13)6(4)11/h2,11-13H,1H3. The Hall–Kier alpha value is -1.23. The highest BCUT2D eigenvalue weighted by Crippen LogP contribution is 2.42. The number of carbonyl (C=O) groups is 1. The number of Topliss-reactive ketones (excluding diaryl/α,β-unsaturated/α-hetero) is 1. The molecule has 0 amide bonds. The van der Waals surface area contributed by atoms with Crippen LogP contribution < -0.4 is 0 Å². The fourth-order valence-electron chi connectivity index (χ4n) is 0.885. The average Bonchev–Trinajstić information content (AvgIpc) is 2.07. The highest BCUT2D eigenvalue weighted by atomic mass is 79.9. The van der Waals surface area contributed by atoms with Gasteiger partial charge in [-0.25, -0.2) is 0 Å². The fraction of sp³-hybridized carbons (Fsp3) is 0.125. The van der Waals surface area contributed by atoms with Crippen LogP contribution in [0.3, 0.4) is 0 Å². The largest absolute Gasteiger partial charge is 0.504 e. The predicted molar refractivity (Wildman–Crippen MR) is 49.1 cm³/mol. The van der Waals surface area contributed by atoms with Crippen LogP contribution in [0.4, 0.5) is 0 Å². The molecule has 0 spiro atoms. The van der Waals surface area contributed by atoms with E-state index in [1.807, 2.05) is 0 Å². The number of phenols is 3. The molecule has 0 saturated carbocycles. The van der Waals surface area contributed by atoms with Crippen LogP contribution in [-0.2, 0) is 0 Å². The minimum Gasteiger partial charge on any atom is -0.504 e. The van der Waals surface area contributed by atoms with Gasteiger partial charge in [0.05, 0.1) is 10.0 Å². The van der Waals surface area contributed by atoms with Crippen LogP contribution in [0.1, 0.15) is 17.3 Å². The predicted octanol–water partition coefficient (Wildman–Crippen LogP) is 1.77. The van der Waals surface area contributed by atoms with Gasteiger partial charge < -0.3 is 15.3 Å². The van der Waals surface area contributed by atoms with Crippen molar-refractivity contribution in [3.05, 3.63) is 16.1 Å². The van der Waals surface area contributed by atoms with Crippen molar-refractivity contribution in [1.82, 2.24) is 0 Å². The molecule has 0 aliphatic rings. The molecular weight excluding hydrogens is 240 g/mol. The SMILES string of the molecule is CC(=O)c1cc(Br)c(O)c(O)c1O. The summed E-state index contributed by atoms with van der Waals surface area (Å²) in [4.78, 5) is 10.9. The topological polar surface area (TPSA) is 77.8 Å². The van der Waals surface area contributed by atoms with Crippen molar-refractivity contribution in [3.63, 3.8) is 0 Å². The lowest BCUT2D eigenvalue weighted by Gasteiger charge is -2.06. The van der Waals surface area contributed by atoms with Crippen LogP contribution in [0.15, 0.2) is 10.5 Å². The molecule has 1 aromatic carbocycles.